The van der Waals surface area contributed by atoms with Crippen LogP contribution in [0.25, 0.3) is 0 Å². The number of nitrogens with zero attached hydrogens (tertiary/aromatic N) is 1. The maximum Gasteiger partial charge on any atom is 0.410 e. The van der Waals surface area contributed by atoms with Gasteiger partial charge in [0.15, 0.2) is 0 Å². The minimum atomic E-state index is -0.0960. The van der Waals surface area contributed by atoms with Crippen molar-refractivity contribution in [2.24, 2.45) is 5.92 Å². The third-order valence-corrected chi connectivity index (χ3v) is 6.61. The van der Waals surface area contributed by atoms with Crippen molar-refractivity contribution in [2.75, 3.05) is 6.61 Å². The standard InChI is InChI=1S/C21H41NO2/c1-7-10-11-12-13-14-17-24-19(23)22-20(5,8-2)16-15-18(4)21(22,6)9-3/h18H,7-17H2,1-6H3. The van der Waals surface area contributed by atoms with Crippen LogP contribution in [0.2, 0.25) is 0 Å². The number of ether oxygens (including phenoxy) is 1. The molecule has 0 aromatic carbocycles. The van der Waals surface area contributed by atoms with E-state index < -0.39 is 0 Å². The summed E-state index contributed by atoms with van der Waals surface area (Å²) in [5.74, 6) is 0.517. The van der Waals surface area contributed by atoms with Gasteiger partial charge in [-0.15, -0.1) is 0 Å². The van der Waals surface area contributed by atoms with E-state index in [-0.39, 0.29) is 17.2 Å². The second kappa shape index (κ2) is 9.68. The number of carbonyl (C=O) groups is 1. The molecule has 1 saturated heterocycles. The second-order valence-corrected chi connectivity index (χ2v) is 8.22. The van der Waals surface area contributed by atoms with Gasteiger partial charge in [-0.2, -0.15) is 0 Å². The zero-order chi connectivity index (χ0) is 18.2. The fourth-order valence-corrected chi connectivity index (χ4v) is 4.16. The van der Waals surface area contributed by atoms with E-state index in [1.54, 1.807) is 0 Å². The van der Waals surface area contributed by atoms with E-state index in [0.717, 1.165) is 25.7 Å². The number of rotatable bonds is 9. The third-order valence-electron chi connectivity index (χ3n) is 6.61. The minimum Gasteiger partial charge on any atom is -0.449 e. The summed E-state index contributed by atoms with van der Waals surface area (Å²) in [5, 5.41) is 0. The largest absolute Gasteiger partial charge is 0.449 e. The molecule has 1 amide bonds. The van der Waals surface area contributed by atoms with Crippen molar-refractivity contribution in [1.82, 2.24) is 4.90 Å². The minimum absolute atomic E-state index is 0.0739. The third kappa shape index (κ3) is 4.89. The average molecular weight is 340 g/mol. The highest BCUT2D eigenvalue weighted by molar-refractivity contribution is 5.70. The lowest BCUT2D eigenvalue weighted by molar-refractivity contribution is -0.0698. The van der Waals surface area contributed by atoms with E-state index in [1.807, 2.05) is 0 Å². The molecule has 3 heteroatoms. The normalized spacial score (nSPS) is 30.4. The Kier molecular flexibility index (Phi) is 8.59. The monoisotopic (exact) mass is 339 g/mol. The maximum absolute atomic E-state index is 12.9. The number of piperidine rings is 1. The lowest BCUT2D eigenvalue weighted by Gasteiger charge is -2.57. The molecule has 1 heterocycles. The Morgan fingerprint density at radius 3 is 2.25 bits per heavy atom. The van der Waals surface area contributed by atoms with Gasteiger partial charge in [0.25, 0.3) is 0 Å². The van der Waals surface area contributed by atoms with Gasteiger partial charge in [-0.05, 0) is 51.9 Å². The second-order valence-electron chi connectivity index (χ2n) is 8.22. The van der Waals surface area contributed by atoms with Crippen molar-refractivity contribution in [3.63, 3.8) is 0 Å². The smallest absolute Gasteiger partial charge is 0.410 e. The van der Waals surface area contributed by atoms with Gasteiger partial charge < -0.3 is 4.74 Å². The zero-order valence-corrected chi connectivity index (χ0v) is 17.1. The molecule has 3 unspecified atom stereocenters. The summed E-state index contributed by atoms with van der Waals surface area (Å²) in [6.45, 7) is 14.0. The van der Waals surface area contributed by atoms with Crippen molar-refractivity contribution < 1.29 is 9.53 Å². The van der Waals surface area contributed by atoms with Crippen LogP contribution in [0.15, 0.2) is 0 Å². The molecule has 0 aromatic heterocycles. The summed E-state index contributed by atoms with van der Waals surface area (Å²) in [6, 6.07) is 0. The predicted molar refractivity (Wildman–Crippen MR) is 102 cm³/mol. The summed E-state index contributed by atoms with van der Waals surface area (Å²) in [7, 11) is 0. The van der Waals surface area contributed by atoms with Crippen molar-refractivity contribution >= 4 is 6.09 Å². The van der Waals surface area contributed by atoms with Crippen LogP contribution in [-0.4, -0.2) is 28.7 Å². The first kappa shape index (κ1) is 21.3. The van der Waals surface area contributed by atoms with E-state index in [4.69, 9.17) is 4.74 Å². The molecular formula is C21H41NO2. The van der Waals surface area contributed by atoms with Crippen LogP contribution in [-0.2, 0) is 4.74 Å². The van der Waals surface area contributed by atoms with Crippen LogP contribution in [0.1, 0.15) is 106 Å². The van der Waals surface area contributed by atoms with Gasteiger partial charge in [0.1, 0.15) is 0 Å². The molecule has 24 heavy (non-hydrogen) atoms. The number of unbranched alkanes of at least 4 members (excludes halogenated alkanes) is 5. The van der Waals surface area contributed by atoms with E-state index in [2.05, 4.69) is 46.4 Å². The first-order chi connectivity index (χ1) is 11.4. The molecule has 0 aliphatic carbocycles. The van der Waals surface area contributed by atoms with Crippen molar-refractivity contribution in [2.45, 2.75) is 117 Å². The summed E-state index contributed by atoms with van der Waals surface area (Å²) in [6.07, 6.45) is 11.4. The highest BCUT2D eigenvalue weighted by Gasteiger charge is 2.51. The topological polar surface area (TPSA) is 29.5 Å². The number of hydrogen-bond donors (Lipinski definition) is 0. The van der Waals surface area contributed by atoms with E-state index in [1.165, 1.54) is 38.5 Å². The van der Waals surface area contributed by atoms with E-state index in [0.29, 0.717) is 12.5 Å². The van der Waals surface area contributed by atoms with Crippen molar-refractivity contribution in [3.05, 3.63) is 0 Å². The van der Waals surface area contributed by atoms with Crippen LogP contribution in [0.5, 0.6) is 0 Å². The molecule has 0 bridgehead atoms. The number of hydrogen-bond acceptors (Lipinski definition) is 2. The quantitative estimate of drug-likeness (QED) is 0.446. The molecule has 0 saturated carbocycles. The van der Waals surface area contributed by atoms with Gasteiger partial charge in [0.05, 0.1) is 6.61 Å². The van der Waals surface area contributed by atoms with Gasteiger partial charge in [0.2, 0.25) is 0 Å². The number of amides is 1. The molecule has 1 aliphatic rings. The predicted octanol–water partition coefficient (Wildman–Crippen LogP) is 6.55. The lowest BCUT2D eigenvalue weighted by atomic mass is 9.70. The summed E-state index contributed by atoms with van der Waals surface area (Å²) in [5.41, 5.74) is -0.170. The Labute approximate surface area is 150 Å². The van der Waals surface area contributed by atoms with Gasteiger partial charge in [-0.3, -0.25) is 4.90 Å². The molecule has 3 nitrogen and oxygen atoms in total. The molecular weight excluding hydrogens is 298 g/mol. The molecule has 1 fully saturated rings. The van der Waals surface area contributed by atoms with Gasteiger partial charge >= 0.3 is 6.09 Å². The number of likely N-dealkylation sites (tertiary alicyclic amines) is 1. The van der Waals surface area contributed by atoms with Crippen LogP contribution >= 0.6 is 0 Å². The molecule has 3 atom stereocenters. The van der Waals surface area contributed by atoms with Crippen molar-refractivity contribution in [3.8, 4) is 0 Å². The van der Waals surface area contributed by atoms with E-state index >= 15 is 0 Å². The Morgan fingerprint density at radius 1 is 1.04 bits per heavy atom. The SMILES string of the molecule is CCCCCCCCOC(=O)N1C(C)(CC)CCC(C)C1(C)CC. The molecule has 0 N–H and O–H groups in total. The zero-order valence-electron chi connectivity index (χ0n) is 17.1. The lowest BCUT2D eigenvalue weighted by Crippen LogP contribution is -2.66. The molecule has 1 rings (SSSR count). The molecule has 1 aliphatic heterocycles. The van der Waals surface area contributed by atoms with Gasteiger partial charge in [-0.1, -0.05) is 59.8 Å². The molecule has 142 valence electrons. The van der Waals surface area contributed by atoms with Crippen LogP contribution in [0.4, 0.5) is 4.79 Å². The fraction of sp³-hybridized carbons (Fsp3) is 0.952. The summed E-state index contributed by atoms with van der Waals surface area (Å²) >= 11 is 0. The first-order valence-electron chi connectivity index (χ1n) is 10.3. The van der Waals surface area contributed by atoms with Crippen molar-refractivity contribution in [1.29, 1.82) is 0 Å². The van der Waals surface area contributed by atoms with Crippen LogP contribution in [0, 0.1) is 5.92 Å². The average Bonchev–Trinajstić information content (AvgIpc) is 2.57. The Morgan fingerprint density at radius 2 is 1.67 bits per heavy atom. The van der Waals surface area contributed by atoms with Gasteiger partial charge in [-0.25, -0.2) is 4.79 Å². The fourth-order valence-electron chi connectivity index (χ4n) is 4.16. The summed E-state index contributed by atoms with van der Waals surface area (Å²) < 4.78 is 5.72. The Balaban J connectivity index is 2.62. The maximum atomic E-state index is 12.9. The summed E-state index contributed by atoms with van der Waals surface area (Å²) in [4.78, 5) is 15.0. The van der Waals surface area contributed by atoms with Gasteiger partial charge in [0, 0.05) is 11.1 Å². The van der Waals surface area contributed by atoms with Crippen LogP contribution < -0.4 is 0 Å². The van der Waals surface area contributed by atoms with Crippen LogP contribution in [0.3, 0.4) is 0 Å². The highest BCUT2D eigenvalue weighted by Crippen LogP contribution is 2.45. The Hall–Kier alpha value is -0.730. The Bertz CT molecular complexity index is 384. The highest BCUT2D eigenvalue weighted by atomic mass is 16.6. The molecule has 0 spiro atoms. The molecule has 0 radical (unpaired) electrons. The first-order valence-corrected chi connectivity index (χ1v) is 10.3. The van der Waals surface area contributed by atoms with E-state index in [9.17, 15) is 4.79 Å². The number of carbonyl (C=O) groups excluding carboxylic acids is 1. The molecule has 0 aromatic rings.